The molecule has 0 spiro atoms. The van der Waals surface area contributed by atoms with E-state index >= 15 is 0 Å². The molecule has 2 rings (SSSR count). The van der Waals surface area contributed by atoms with E-state index in [-0.39, 0.29) is 16.9 Å². The maximum Gasteiger partial charge on any atom is 0.339 e. The molecule has 1 aromatic rings. The maximum absolute atomic E-state index is 11.2. The number of ether oxygens (including phenoxy) is 1. The number of aromatic carboxylic acids is 1. The number of carboxylic acid groups (broad SMARTS) is 1. The van der Waals surface area contributed by atoms with Crippen LogP contribution in [0.5, 0.6) is 5.75 Å². The van der Waals surface area contributed by atoms with Crippen molar-refractivity contribution in [2.45, 2.75) is 25.4 Å². The Morgan fingerprint density at radius 1 is 1.44 bits per heavy atom. The van der Waals surface area contributed by atoms with Gasteiger partial charge in [0.2, 0.25) is 0 Å². The summed E-state index contributed by atoms with van der Waals surface area (Å²) in [7, 11) is 0. The van der Waals surface area contributed by atoms with Gasteiger partial charge in [0.25, 0.3) is 0 Å². The summed E-state index contributed by atoms with van der Waals surface area (Å²) in [5.74, 6) is -0.732. The second-order valence-corrected chi connectivity index (χ2v) is 4.83. The van der Waals surface area contributed by atoms with E-state index in [0.717, 1.165) is 25.9 Å². The topological polar surface area (TPSA) is 84.6 Å². The Labute approximate surface area is 106 Å². The lowest BCUT2D eigenvalue weighted by Gasteiger charge is -2.35. The van der Waals surface area contributed by atoms with Crippen molar-refractivity contribution in [2.24, 2.45) is 0 Å². The van der Waals surface area contributed by atoms with Crippen LogP contribution in [0, 0.1) is 0 Å². The van der Waals surface area contributed by atoms with Crippen molar-refractivity contribution in [3.8, 4) is 5.75 Å². The summed E-state index contributed by atoms with van der Waals surface area (Å²) in [6.45, 7) is 3.73. The van der Waals surface area contributed by atoms with E-state index in [9.17, 15) is 4.79 Å². The lowest BCUT2D eigenvalue weighted by molar-refractivity contribution is 0.0518. The summed E-state index contributed by atoms with van der Waals surface area (Å²) < 4.78 is 5.92. The number of nitrogen functional groups attached to an aromatic ring is 1. The number of hydrogen-bond donors (Lipinski definition) is 3. The largest absolute Gasteiger partial charge is 0.484 e. The molecule has 0 aromatic heterocycles. The normalized spacial score (nSPS) is 18.3. The molecule has 0 unspecified atom stereocenters. The van der Waals surface area contributed by atoms with Gasteiger partial charge in [0.05, 0.1) is 5.69 Å². The van der Waals surface area contributed by atoms with E-state index in [1.54, 1.807) is 12.1 Å². The van der Waals surface area contributed by atoms with Crippen molar-refractivity contribution in [3.05, 3.63) is 23.8 Å². The van der Waals surface area contributed by atoms with Crippen LogP contribution in [0.2, 0.25) is 0 Å². The number of rotatable bonds is 3. The van der Waals surface area contributed by atoms with E-state index in [1.807, 2.05) is 6.92 Å². The predicted octanol–water partition coefficient (Wildman–Crippen LogP) is 1.49. The Hall–Kier alpha value is -1.75. The molecule has 0 radical (unpaired) electrons. The highest BCUT2D eigenvalue weighted by molar-refractivity contribution is 5.93. The molecule has 5 heteroatoms. The lowest BCUT2D eigenvalue weighted by atomic mass is 9.94. The molecular weight excluding hydrogens is 232 g/mol. The molecule has 98 valence electrons. The lowest BCUT2D eigenvalue weighted by Crippen LogP contribution is -2.44. The van der Waals surface area contributed by atoms with Gasteiger partial charge in [0.1, 0.15) is 11.2 Å². The van der Waals surface area contributed by atoms with Gasteiger partial charge in [-0.05, 0) is 45.0 Å². The van der Waals surface area contributed by atoms with Crippen LogP contribution in [0.25, 0.3) is 0 Å². The molecule has 0 atom stereocenters. The number of nitrogens with one attached hydrogen (secondary N) is 1. The Bertz CT molecular complexity index is 454. The first-order valence-corrected chi connectivity index (χ1v) is 6.03. The van der Waals surface area contributed by atoms with E-state index in [2.05, 4.69) is 5.32 Å². The number of anilines is 1. The number of carbonyl (C=O) groups is 1. The molecule has 0 amide bonds. The fourth-order valence-corrected chi connectivity index (χ4v) is 2.14. The van der Waals surface area contributed by atoms with Gasteiger partial charge < -0.3 is 20.9 Å². The Morgan fingerprint density at radius 2 is 2.11 bits per heavy atom. The maximum atomic E-state index is 11.2. The van der Waals surface area contributed by atoms with Gasteiger partial charge >= 0.3 is 5.97 Å². The van der Waals surface area contributed by atoms with Crippen LogP contribution in [-0.4, -0.2) is 29.8 Å². The SMILES string of the molecule is CC1(Oc2c(N)cccc2C(=O)O)CCNCC1. The summed E-state index contributed by atoms with van der Waals surface area (Å²) in [4.78, 5) is 11.2. The third kappa shape index (κ3) is 2.56. The van der Waals surface area contributed by atoms with Crippen LogP contribution in [-0.2, 0) is 0 Å². The summed E-state index contributed by atoms with van der Waals surface area (Å²) in [5.41, 5.74) is 5.97. The first-order valence-electron chi connectivity index (χ1n) is 6.03. The van der Waals surface area contributed by atoms with E-state index in [4.69, 9.17) is 15.6 Å². The van der Waals surface area contributed by atoms with E-state index in [0.29, 0.717) is 5.69 Å². The quantitative estimate of drug-likeness (QED) is 0.708. The summed E-state index contributed by atoms with van der Waals surface area (Å²) in [5, 5.41) is 12.4. The van der Waals surface area contributed by atoms with E-state index in [1.165, 1.54) is 6.07 Å². The van der Waals surface area contributed by atoms with Crippen LogP contribution in [0.1, 0.15) is 30.1 Å². The fraction of sp³-hybridized carbons (Fsp3) is 0.462. The molecule has 1 aliphatic heterocycles. The van der Waals surface area contributed by atoms with Crippen LogP contribution in [0.4, 0.5) is 5.69 Å². The predicted molar refractivity (Wildman–Crippen MR) is 69.0 cm³/mol. The highest BCUT2D eigenvalue weighted by Crippen LogP contribution is 2.33. The third-order valence-corrected chi connectivity index (χ3v) is 3.29. The first-order chi connectivity index (χ1) is 8.52. The number of piperidine rings is 1. The van der Waals surface area contributed by atoms with Gasteiger partial charge in [-0.25, -0.2) is 4.79 Å². The van der Waals surface area contributed by atoms with Crippen molar-refractivity contribution in [2.75, 3.05) is 18.8 Å². The number of nitrogens with two attached hydrogens (primary N) is 1. The van der Waals surface area contributed by atoms with Gasteiger partial charge in [0.15, 0.2) is 5.75 Å². The minimum absolute atomic E-state index is 0.120. The van der Waals surface area contributed by atoms with Gasteiger partial charge in [-0.3, -0.25) is 0 Å². The molecule has 1 aromatic carbocycles. The minimum atomic E-state index is -1.02. The third-order valence-electron chi connectivity index (χ3n) is 3.29. The average molecular weight is 250 g/mol. The molecular formula is C13H18N2O3. The molecule has 1 heterocycles. The van der Waals surface area contributed by atoms with Gasteiger partial charge in [-0.2, -0.15) is 0 Å². The zero-order chi connectivity index (χ0) is 13.2. The highest BCUT2D eigenvalue weighted by atomic mass is 16.5. The number of hydrogen-bond acceptors (Lipinski definition) is 4. The number of para-hydroxylation sites is 1. The fourth-order valence-electron chi connectivity index (χ4n) is 2.14. The smallest absolute Gasteiger partial charge is 0.339 e. The van der Waals surface area contributed by atoms with Crippen molar-refractivity contribution in [3.63, 3.8) is 0 Å². The van der Waals surface area contributed by atoms with Crippen molar-refractivity contribution in [1.82, 2.24) is 5.32 Å². The number of benzene rings is 1. The molecule has 18 heavy (non-hydrogen) atoms. The molecule has 5 nitrogen and oxygen atoms in total. The van der Waals surface area contributed by atoms with E-state index < -0.39 is 5.97 Å². The minimum Gasteiger partial charge on any atom is -0.484 e. The van der Waals surface area contributed by atoms with Crippen LogP contribution < -0.4 is 15.8 Å². The van der Waals surface area contributed by atoms with Crippen LogP contribution in [0.15, 0.2) is 18.2 Å². The van der Waals surface area contributed by atoms with Gasteiger partial charge in [-0.1, -0.05) is 6.07 Å². The zero-order valence-corrected chi connectivity index (χ0v) is 10.4. The van der Waals surface area contributed by atoms with Gasteiger partial charge in [0, 0.05) is 0 Å². The highest BCUT2D eigenvalue weighted by Gasteiger charge is 2.31. The Kier molecular flexibility index (Phi) is 3.43. The molecule has 0 bridgehead atoms. The molecule has 1 saturated heterocycles. The second-order valence-electron chi connectivity index (χ2n) is 4.83. The zero-order valence-electron chi connectivity index (χ0n) is 10.4. The molecule has 0 saturated carbocycles. The first kappa shape index (κ1) is 12.7. The van der Waals surface area contributed by atoms with Crippen molar-refractivity contribution >= 4 is 11.7 Å². The summed E-state index contributed by atoms with van der Waals surface area (Å²) >= 11 is 0. The molecule has 4 N–H and O–H groups in total. The van der Waals surface area contributed by atoms with Crippen LogP contribution in [0.3, 0.4) is 0 Å². The average Bonchev–Trinajstić information content (AvgIpc) is 2.32. The van der Waals surface area contributed by atoms with Crippen molar-refractivity contribution < 1.29 is 14.6 Å². The Balaban J connectivity index is 2.30. The summed E-state index contributed by atoms with van der Waals surface area (Å²) in [6.07, 6.45) is 1.67. The van der Waals surface area contributed by atoms with Crippen LogP contribution >= 0.6 is 0 Å². The Morgan fingerprint density at radius 3 is 2.72 bits per heavy atom. The van der Waals surface area contributed by atoms with Crippen molar-refractivity contribution in [1.29, 1.82) is 0 Å². The molecule has 0 aliphatic carbocycles. The standard InChI is InChI=1S/C13H18N2O3/c1-13(5-7-15-8-6-13)18-11-9(12(16)17)3-2-4-10(11)14/h2-4,15H,5-8,14H2,1H3,(H,16,17). The summed E-state index contributed by atoms with van der Waals surface area (Å²) in [6, 6.07) is 4.79. The number of carboxylic acids is 1. The molecule has 1 fully saturated rings. The molecule has 1 aliphatic rings. The monoisotopic (exact) mass is 250 g/mol. The van der Waals surface area contributed by atoms with Gasteiger partial charge in [-0.15, -0.1) is 0 Å². The second kappa shape index (κ2) is 4.86.